The minimum absolute atomic E-state index is 0.0185. The van der Waals surface area contributed by atoms with E-state index in [4.69, 9.17) is 14.2 Å². The molecular formula is C42H68O9. The molecular weight excluding hydrogens is 648 g/mol. The molecule has 9 fully saturated rings. The number of hydrogen-bond donors (Lipinski definition) is 1. The lowest BCUT2D eigenvalue weighted by atomic mass is 9.50. The van der Waals surface area contributed by atoms with E-state index in [0.29, 0.717) is 43.1 Å². The topological polar surface area (TPSA) is 125 Å². The zero-order chi connectivity index (χ0) is 37.6. The van der Waals surface area contributed by atoms with Gasteiger partial charge < -0.3 is 24.1 Å². The van der Waals surface area contributed by atoms with Gasteiger partial charge in [0.25, 0.3) is 0 Å². The van der Waals surface area contributed by atoms with Crippen LogP contribution in [0.3, 0.4) is 0 Å². The van der Waals surface area contributed by atoms with E-state index in [0.717, 1.165) is 56.8 Å². The summed E-state index contributed by atoms with van der Waals surface area (Å²) in [5, 5.41) is 10.6. The highest BCUT2D eigenvalue weighted by molar-refractivity contribution is 5.81. The summed E-state index contributed by atoms with van der Waals surface area (Å²) in [6.07, 6.45) is 14.5. The third-order valence-electron chi connectivity index (χ3n) is 14.4. The van der Waals surface area contributed by atoms with Crippen molar-refractivity contribution in [1.82, 2.24) is 0 Å². The van der Waals surface area contributed by atoms with E-state index in [9.17, 15) is 24.3 Å². The second-order valence-electron chi connectivity index (χ2n) is 19.3. The zero-order valence-corrected chi connectivity index (χ0v) is 33.1. The van der Waals surface area contributed by atoms with Gasteiger partial charge in [-0.2, -0.15) is 0 Å². The van der Waals surface area contributed by atoms with E-state index < -0.39 is 23.1 Å². The molecule has 8 aliphatic carbocycles. The first-order valence-corrected chi connectivity index (χ1v) is 20.3. The summed E-state index contributed by atoms with van der Waals surface area (Å²) >= 11 is 0. The maximum absolute atomic E-state index is 12.5. The van der Waals surface area contributed by atoms with Crippen LogP contribution in [0.1, 0.15) is 159 Å². The largest absolute Gasteiger partial charge is 0.463 e. The molecule has 1 aliphatic heterocycles. The number of aliphatic hydroxyl groups is 1. The molecule has 0 aromatic carbocycles. The number of carbonyl (C=O) groups excluding carboxylic acids is 4. The lowest BCUT2D eigenvalue weighted by Crippen LogP contribution is -2.61. The zero-order valence-electron chi connectivity index (χ0n) is 33.1. The number of cyclic esters (lactones) is 1. The standard InChI is InChI=1S/C17H28O2.C16H26O3.C9H14O4/c1-5-16(2,3)15(18)19-17(4)13-7-11-6-12(9-13)10-14(17)8-11;1-4-14(2,3)13(17)19-16-8-11-5-12(9-16)7-15(18,6-11)10-16;1-3-6(2)8(10)13-7-4-5-12-9(7)11/h11-14H,5-10H2,1-4H3;11-12,18H,4-10H2,1-3H3;6-7H,3-5H2,1-2H3. The lowest BCUT2D eigenvalue weighted by Gasteiger charge is -2.59. The average Bonchev–Trinajstić information content (AvgIpc) is 3.45. The van der Waals surface area contributed by atoms with Crippen LogP contribution in [0.15, 0.2) is 0 Å². The van der Waals surface area contributed by atoms with Gasteiger partial charge in [-0.25, -0.2) is 4.79 Å². The predicted molar refractivity (Wildman–Crippen MR) is 193 cm³/mol. The van der Waals surface area contributed by atoms with Crippen molar-refractivity contribution in [2.24, 2.45) is 52.3 Å². The van der Waals surface area contributed by atoms with Crippen molar-refractivity contribution in [3.05, 3.63) is 0 Å². The van der Waals surface area contributed by atoms with Gasteiger partial charge in [-0.05, 0) is 154 Å². The summed E-state index contributed by atoms with van der Waals surface area (Å²) in [5.41, 5.74) is -1.83. The Balaban J connectivity index is 0.000000152. The summed E-state index contributed by atoms with van der Waals surface area (Å²) in [6.45, 7) is 18.3. The Morgan fingerprint density at radius 3 is 1.73 bits per heavy atom. The van der Waals surface area contributed by atoms with Crippen molar-refractivity contribution < 1.29 is 43.2 Å². The molecule has 0 aromatic heterocycles. The molecule has 9 nitrogen and oxygen atoms in total. The molecule has 0 amide bonds. The van der Waals surface area contributed by atoms with Crippen LogP contribution in [-0.2, 0) is 38.1 Å². The molecule has 1 N–H and O–H groups in total. The fourth-order valence-electron chi connectivity index (χ4n) is 10.5. The van der Waals surface area contributed by atoms with E-state index in [1.807, 2.05) is 41.5 Å². The molecule has 8 saturated carbocycles. The monoisotopic (exact) mass is 716 g/mol. The van der Waals surface area contributed by atoms with Crippen LogP contribution in [0, 0.1) is 52.3 Å². The highest BCUT2D eigenvalue weighted by Crippen LogP contribution is 2.60. The minimum Gasteiger partial charge on any atom is -0.463 e. The third-order valence-corrected chi connectivity index (χ3v) is 14.4. The maximum Gasteiger partial charge on any atom is 0.347 e. The van der Waals surface area contributed by atoms with Gasteiger partial charge in [-0.15, -0.1) is 0 Å². The van der Waals surface area contributed by atoms with Gasteiger partial charge in [-0.1, -0.05) is 27.7 Å². The number of rotatable bonds is 9. The van der Waals surface area contributed by atoms with Crippen molar-refractivity contribution in [3.63, 3.8) is 0 Å². The van der Waals surface area contributed by atoms with Crippen molar-refractivity contribution in [3.8, 4) is 0 Å². The van der Waals surface area contributed by atoms with Gasteiger partial charge >= 0.3 is 23.9 Å². The van der Waals surface area contributed by atoms with Gasteiger partial charge in [0.05, 0.1) is 29.0 Å². The van der Waals surface area contributed by atoms with Gasteiger partial charge in [0, 0.05) is 12.8 Å². The lowest BCUT2D eigenvalue weighted by molar-refractivity contribution is -0.225. The molecule has 1 saturated heterocycles. The van der Waals surface area contributed by atoms with Gasteiger partial charge in [0.2, 0.25) is 6.10 Å². The van der Waals surface area contributed by atoms with Crippen molar-refractivity contribution in [1.29, 1.82) is 0 Å². The summed E-state index contributed by atoms with van der Waals surface area (Å²) in [5.74, 6) is 3.28. The molecule has 9 aliphatic rings. The molecule has 4 atom stereocenters. The minimum atomic E-state index is -0.665. The second kappa shape index (κ2) is 14.9. The molecule has 0 aromatic rings. The number of ether oxygens (including phenoxy) is 4. The third kappa shape index (κ3) is 8.64. The van der Waals surface area contributed by atoms with E-state index in [1.54, 1.807) is 6.92 Å². The first-order chi connectivity index (χ1) is 23.8. The predicted octanol–water partition coefficient (Wildman–Crippen LogP) is 8.12. The highest BCUT2D eigenvalue weighted by Gasteiger charge is 2.60. The maximum atomic E-state index is 12.5. The molecule has 4 unspecified atom stereocenters. The van der Waals surface area contributed by atoms with E-state index in [2.05, 4.69) is 18.6 Å². The summed E-state index contributed by atoms with van der Waals surface area (Å²) < 4.78 is 21.7. The van der Waals surface area contributed by atoms with Crippen LogP contribution in [0.2, 0.25) is 0 Å². The molecule has 1 heterocycles. The van der Waals surface area contributed by atoms with E-state index in [1.165, 1.54) is 38.5 Å². The van der Waals surface area contributed by atoms with Crippen LogP contribution in [0.5, 0.6) is 0 Å². The van der Waals surface area contributed by atoms with Gasteiger partial charge in [-0.3, -0.25) is 14.4 Å². The SMILES string of the molecule is CCC(C)(C)C(=O)OC1(C)C2CC3CC(C2)CC1C3.CCC(C)(C)C(=O)OC12CC3CC(CC(O)(C3)C1)C2.CCC(C)C(=O)OC1CCOC1=O. The average molecular weight is 717 g/mol. The summed E-state index contributed by atoms with van der Waals surface area (Å²) in [6, 6.07) is 0. The number of esters is 4. The Morgan fingerprint density at radius 2 is 1.29 bits per heavy atom. The molecule has 9 heteroatoms. The summed E-state index contributed by atoms with van der Waals surface area (Å²) in [7, 11) is 0. The van der Waals surface area contributed by atoms with Crippen LogP contribution in [0.25, 0.3) is 0 Å². The molecule has 51 heavy (non-hydrogen) atoms. The Kier molecular flexibility index (Phi) is 11.7. The molecule has 290 valence electrons. The second-order valence-corrected chi connectivity index (χ2v) is 19.3. The van der Waals surface area contributed by atoms with Crippen LogP contribution < -0.4 is 0 Å². The fourth-order valence-corrected chi connectivity index (χ4v) is 10.5. The van der Waals surface area contributed by atoms with Crippen molar-refractivity contribution in [2.45, 2.75) is 182 Å². The molecule has 0 radical (unpaired) electrons. The number of hydrogen-bond acceptors (Lipinski definition) is 9. The van der Waals surface area contributed by atoms with Crippen molar-refractivity contribution in [2.75, 3.05) is 6.61 Å². The van der Waals surface area contributed by atoms with Gasteiger partial charge in [0.15, 0.2) is 0 Å². The molecule has 8 bridgehead atoms. The Morgan fingerprint density at radius 1 is 0.804 bits per heavy atom. The van der Waals surface area contributed by atoms with Crippen LogP contribution >= 0.6 is 0 Å². The molecule has 0 spiro atoms. The Bertz CT molecular complexity index is 1260. The van der Waals surface area contributed by atoms with Crippen LogP contribution in [-0.4, -0.2) is 58.5 Å². The van der Waals surface area contributed by atoms with E-state index in [-0.39, 0.29) is 40.4 Å². The first-order valence-electron chi connectivity index (χ1n) is 20.3. The molecule has 9 rings (SSSR count). The normalized spacial score (nSPS) is 39.2. The van der Waals surface area contributed by atoms with Gasteiger partial charge in [0.1, 0.15) is 11.2 Å². The number of carbonyl (C=O) groups is 4. The smallest absolute Gasteiger partial charge is 0.347 e. The highest BCUT2D eigenvalue weighted by atomic mass is 16.6. The van der Waals surface area contributed by atoms with Crippen molar-refractivity contribution >= 4 is 23.9 Å². The summed E-state index contributed by atoms with van der Waals surface area (Å²) in [4.78, 5) is 47.0. The van der Waals surface area contributed by atoms with Crippen LogP contribution in [0.4, 0.5) is 0 Å². The fraction of sp³-hybridized carbons (Fsp3) is 0.905. The quantitative estimate of drug-likeness (QED) is 0.186. The Hall–Kier alpha value is -2.16. The Labute approximate surface area is 307 Å². The first kappa shape index (κ1) is 40.0. The van der Waals surface area contributed by atoms with E-state index >= 15 is 0 Å².